The van der Waals surface area contributed by atoms with Crippen molar-refractivity contribution in [3.05, 3.63) is 46.7 Å². The predicted molar refractivity (Wildman–Crippen MR) is 80.8 cm³/mol. The van der Waals surface area contributed by atoms with Gasteiger partial charge in [0, 0.05) is 11.3 Å². The molecule has 100 valence electrons. The van der Waals surface area contributed by atoms with Crippen LogP contribution in [0.3, 0.4) is 0 Å². The van der Waals surface area contributed by atoms with Crippen molar-refractivity contribution in [3.63, 3.8) is 0 Å². The van der Waals surface area contributed by atoms with Crippen molar-refractivity contribution in [2.75, 3.05) is 0 Å². The summed E-state index contributed by atoms with van der Waals surface area (Å²) in [5.41, 5.74) is 9.95. The van der Waals surface area contributed by atoms with Crippen molar-refractivity contribution < 1.29 is 4.79 Å². The molecule has 1 aromatic carbocycles. The Kier molecular flexibility index (Phi) is 2.99. The van der Waals surface area contributed by atoms with Crippen LogP contribution >= 0.6 is 11.3 Å². The van der Waals surface area contributed by atoms with Crippen LogP contribution in [0.1, 0.15) is 21.2 Å². The summed E-state index contributed by atoms with van der Waals surface area (Å²) in [5, 5.41) is 0.327. The fraction of sp³-hybridized carbons (Fsp3) is 0.133. The van der Waals surface area contributed by atoms with Crippen molar-refractivity contribution in [2.24, 2.45) is 5.73 Å². The second kappa shape index (κ2) is 4.68. The molecule has 0 aliphatic heterocycles. The normalized spacial score (nSPS) is 10.9. The molecule has 0 saturated carbocycles. The number of carbonyl (C=O) groups excluding carboxylic acids is 1. The van der Waals surface area contributed by atoms with Gasteiger partial charge in [-0.2, -0.15) is 0 Å². The number of nitrogens with zero attached hydrogens (tertiary/aromatic N) is 2. The van der Waals surface area contributed by atoms with Gasteiger partial charge in [0.05, 0.1) is 10.4 Å². The number of aromatic nitrogens is 2. The van der Waals surface area contributed by atoms with Crippen LogP contribution in [0.25, 0.3) is 21.3 Å². The van der Waals surface area contributed by atoms with Gasteiger partial charge in [-0.05, 0) is 19.4 Å². The number of hydrogen-bond acceptors (Lipinski definition) is 4. The highest BCUT2D eigenvalue weighted by atomic mass is 32.1. The number of benzene rings is 1. The smallest absolute Gasteiger partial charge is 0.277 e. The lowest BCUT2D eigenvalue weighted by Crippen LogP contribution is -2.09. The van der Waals surface area contributed by atoms with E-state index < -0.39 is 5.91 Å². The zero-order valence-electron chi connectivity index (χ0n) is 11.2. The second-order valence-electron chi connectivity index (χ2n) is 4.58. The summed E-state index contributed by atoms with van der Waals surface area (Å²) in [6.07, 6.45) is 0. The molecule has 3 aromatic rings. The van der Waals surface area contributed by atoms with Crippen molar-refractivity contribution in [1.82, 2.24) is 9.97 Å². The SMILES string of the molecule is Cc1nc(C)c2nc(C(N)=O)sc2c1-c1ccccc1. The highest BCUT2D eigenvalue weighted by Gasteiger charge is 2.17. The Bertz CT molecular complexity index is 809. The monoisotopic (exact) mass is 283 g/mol. The number of aryl methyl sites for hydroxylation is 2. The maximum atomic E-state index is 11.4. The lowest BCUT2D eigenvalue weighted by molar-refractivity contribution is 0.1000. The molecule has 1 amide bonds. The molecule has 0 saturated heterocycles. The molecule has 0 spiro atoms. The average Bonchev–Trinajstić information content (AvgIpc) is 2.85. The van der Waals surface area contributed by atoms with Crippen molar-refractivity contribution >= 4 is 27.5 Å². The zero-order valence-corrected chi connectivity index (χ0v) is 12.0. The highest BCUT2D eigenvalue weighted by molar-refractivity contribution is 7.20. The number of primary amides is 1. The van der Waals surface area contributed by atoms with Crippen LogP contribution in [0.4, 0.5) is 0 Å². The molecule has 0 unspecified atom stereocenters. The van der Waals surface area contributed by atoms with E-state index in [2.05, 4.69) is 9.97 Å². The van der Waals surface area contributed by atoms with Crippen molar-refractivity contribution in [1.29, 1.82) is 0 Å². The molecule has 0 aliphatic rings. The van der Waals surface area contributed by atoms with E-state index in [0.29, 0.717) is 5.01 Å². The van der Waals surface area contributed by atoms with Crippen LogP contribution < -0.4 is 5.73 Å². The first-order valence-corrected chi connectivity index (χ1v) is 7.02. The first-order chi connectivity index (χ1) is 9.58. The number of carbonyl (C=O) groups is 1. The number of rotatable bonds is 2. The number of nitrogens with two attached hydrogens (primary N) is 1. The minimum absolute atomic E-state index is 0.327. The van der Waals surface area contributed by atoms with Crippen LogP contribution in [0.2, 0.25) is 0 Å². The molecular weight excluding hydrogens is 270 g/mol. The molecule has 0 radical (unpaired) electrons. The number of hydrogen-bond donors (Lipinski definition) is 1. The Morgan fingerprint density at radius 1 is 1.10 bits per heavy atom. The maximum absolute atomic E-state index is 11.4. The maximum Gasteiger partial charge on any atom is 0.277 e. The van der Waals surface area contributed by atoms with Gasteiger partial charge in [0.1, 0.15) is 5.52 Å². The number of thiazole rings is 1. The summed E-state index contributed by atoms with van der Waals surface area (Å²) in [6, 6.07) is 10.00. The Hall–Kier alpha value is -2.27. The molecule has 2 aromatic heterocycles. The van der Waals surface area contributed by atoms with Gasteiger partial charge in [-0.25, -0.2) is 4.98 Å². The lowest BCUT2D eigenvalue weighted by atomic mass is 10.0. The molecule has 3 rings (SSSR count). The summed E-state index contributed by atoms with van der Waals surface area (Å²) in [5.74, 6) is -0.498. The quantitative estimate of drug-likeness (QED) is 0.785. The third-order valence-corrected chi connectivity index (χ3v) is 4.25. The Balaban J connectivity index is 2.39. The standard InChI is InChI=1S/C15H13N3OS/c1-8-11(10-6-4-3-5-7-10)13-12(9(2)17-8)18-15(20-13)14(16)19/h3-7H,1-2H3,(H2,16,19). The lowest BCUT2D eigenvalue weighted by Gasteiger charge is -2.08. The van der Waals surface area contributed by atoms with Crippen LogP contribution in [0.5, 0.6) is 0 Å². The molecule has 0 bridgehead atoms. The highest BCUT2D eigenvalue weighted by Crippen LogP contribution is 2.35. The minimum Gasteiger partial charge on any atom is -0.364 e. The van der Waals surface area contributed by atoms with Gasteiger partial charge in [-0.15, -0.1) is 11.3 Å². The number of pyridine rings is 1. The largest absolute Gasteiger partial charge is 0.364 e. The molecule has 0 fully saturated rings. The van der Waals surface area contributed by atoms with Crippen LogP contribution in [0.15, 0.2) is 30.3 Å². The van der Waals surface area contributed by atoms with E-state index in [-0.39, 0.29) is 0 Å². The summed E-state index contributed by atoms with van der Waals surface area (Å²) >= 11 is 1.33. The third kappa shape index (κ3) is 1.96. The first kappa shape index (κ1) is 12.7. The van der Waals surface area contributed by atoms with Gasteiger partial charge in [-0.1, -0.05) is 30.3 Å². The zero-order chi connectivity index (χ0) is 14.3. The fourth-order valence-electron chi connectivity index (χ4n) is 2.31. The van der Waals surface area contributed by atoms with E-state index in [1.165, 1.54) is 11.3 Å². The average molecular weight is 283 g/mol. The van der Waals surface area contributed by atoms with Gasteiger partial charge >= 0.3 is 0 Å². The van der Waals surface area contributed by atoms with Gasteiger partial charge < -0.3 is 5.73 Å². The van der Waals surface area contributed by atoms with E-state index in [1.54, 1.807) is 0 Å². The van der Waals surface area contributed by atoms with Gasteiger partial charge in [0.15, 0.2) is 5.01 Å². The summed E-state index contributed by atoms with van der Waals surface area (Å²) in [6.45, 7) is 3.87. The summed E-state index contributed by atoms with van der Waals surface area (Å²) < 4.78 is 0.968. The molecule has 0 aliphatic carbocycles. The molecular formula is C15H13N3OS. The van der Waals surface area contributed by atoms with E-state index in [4.69, 9.17) is 5.73 Å². The molecule has 5 heteroatoms. The number of amides is 1. The Morgan fingerprint density at radius 2 is 1.80 bits per heavy atom. The first-order valence-electron chi connectivity index (χ1n) is 6.21. The fourth-order valence-corrected chi connectivity index (χ4v) is 3.40. The van der Waals surface area contributed by atoms with Gasteiger partial charge in [0.25, 0.3) is 5.91 Å². The number of fused-ring (bicyclic) bond motifs is 1. The van der Waals surface area contributed by atoms with Crippen LogP contribution in [-0.4, -0.2) is 15.9 Å². The summed E-state index contributed by atoms with van der Waals surface area (Å²) in [7, 11) is 0. The third-order valence-electron chi connectivity index (χ3n) is 3.17. The van der Waals surface area contributed by atoms with Crippen LogP contribution in [-0.2, 0) is 0 Å². The second-order valence-corrected chi connectivity index (χ2v) is 5.58. The van der Waals surface area contributed by atoms with E-state index in [9.17, 15) is 4.79 Å². The molecule has 4 nitrogen and oxygen atoms in total. The molecule has 2 heterocycles. The summed E-state index contributed by atoms with van der Waals surface area (Å²) in [4.78, 5) is 20.2. The van der Waals surface area contributed by atoms with E-state index >= 15 is 0 Å². The van der Waals surface area contributed by atoms with E-state index in [1.807, 2.05) is 44.2 Å². The van der Waals surface area contributed by atoms with Crippen molar-refractivity contribution in [3.8, 4) is 11.1 Å². The van der Waals surface area contributed by atoms with Gasteiger partial charge in [0.2, 0.25) is 0 Å². The Labute approximate surface area is 120 Å². The Morgan fingerprint density at radius 3 is 2.45 bits per heavy atom. The van der Waals surface area contributed by atoms with Crippen molar-refractivity contribution in [2.45, 2.75) is 13.8 Å². The van der Waals surface area contributed by atoms with E-state index in [0.717, 1.165) is 32.7 Å². The topological polar surface area (TPSA) is 68.9 Å². The molecule has 0 atom stereocenters. The molecule has 20 heavy (non-hydrogen) atoms. The predicted octanol–water partition coefficient (Wildman–Crippen LogP) is 3.07. The van der Waals surface area contributed by atoms with Gasteiger partial charge in [-0.3, -0.25) is 9.78 Å². The molecule has 2 N–H and O–H groups in total. The minimum atomic E-state index is -0.498. The van der Waals surface area contributed by atoms with Crippen LogP contribution in [0, 0.1) is 13.8 Å².